The van der Waals surface area contributed by atoms with Gasteiger partial charge in [-0.3, -0.25) is 0 Å². The molecule has 1 heterocycles. The summed E-state index contributed by atoms with van der Waals surface area (Å²) in [5.41, 5.74) is 0.975. The summed E-state index contributed by atoms with van der Waals surface area (Å²) in [5, 5.41) is 7.96. The number of hydrogen-bond donors (Lipinski definition) is 2. The molecule has 0 radical (unpaired) electrons. The third kappa shape index (κ3) is 4.13. The van der Waals surface area contributed by atoms with E-state index in [1.165, 1.54) is 11.8 Å². The molecule has 0 unspecified atom stereocenters. The van der Waals surface area contributed by atoms with Gasteiger partial charge < -0.3 is 10.6 Å². The van der Waals surface area contributed by atoms with Crippen molar-refractivity contribution in [2.45, 2.75) is 12.1 Å². The number of halogens is 2. The van der Waals surface area contributed by atoms with Crippen LogP contribution in [0.3, 0.4) is 0 Å². The molecule has 0 aliphatic rings. The topological polar surface area (TPSA) is 49.8 Å². The highest BCUT2D eigenvalue weighted by atomic mass is 127. The Labute approximate surface area is 141 Å². The third-order valence-corrected chi connectivity index (χ3v) is 4.12. The number of aromatic nitrogens is 2. The molecule has 20 heavy (non-hydrogen) atoms. The fourth-order valence-corrected chi connectivity index (χ4v) is 2.97. The van der Waals surface area contributed by atoms with Gasteiger partial charge >= 0.3 is 0 Å². The van der Waals surface area contributed by atoms with Gasteiger partial charge in [-0.1, -0.05) is 23.4 Å². The molecular formula is C13H14ClIN4S. The van der Waals surface area contributed by atoms with Crippen molar-refractivity contribution in [1.29, 1.82) is 0 Å². The molecule has 7 heteroatoms. The molecule has 2 N–H and O–H groups in total. The first kappa shape index (κ1) is 15.7. The minimum atomic E-state index is 0.723. The lowest BCUT2D eigenvalue weighted by Crippen LogP contribution is -2.04. The number of thioether (sulfide) groups is 1. The highest BCUT2D eigenvalue weighted by molar-refractivity contribution is 14.1. The maximum atomic E-state index is 5.96. The van der Waals surface area contributed by atoms with Crippen LogP contribution in [0, 0.1) is 3.57 Å². The number of anilines is 3. The van der Waals surface area contributed by atoms with Crippen LogP contribution >= 0.6 is 46.0 Å². The first-order valence-electron chi connectivity index (χ1n) is 6.01. The van der Waals surface area contributed by atoms with Gasteiger partial charge in [-0.2, -0.15) is 0 Å². The molecule has 2 aromatic rings. The van der Waals surface area contributed by atoms with E-state index in [1.54, 1.807) is 0 Å². The summed E-state index contributed by atoms with van der Waals surface area (Å²) in [6, 6.07) is 7.60. The lowest BCUT2D eigenvalue weighted by molar-refractivity contribution is 0.967. The molecule has 4 nitrogen and oxygen atoms in total. The molecule has 0 aliphatic heterocycles. The van der Waals surface area contributed by atoms with Crippen LogP contribution in [0.2, 0.25) is 5.02 Å². The van der Waals surface area contributed by atoms with Crippen LogP contribution < -0.4 is 10.6 Å². The minimum absolute atomic E-state index is 0.723. The van der Waals surface area contributed by atoms with Crippen LogP contribution in [0.15, 0.2) is 29.4 Å². The fraction of sp³-hybridized carbons (Fsp3) is 0.231. The first-order valence-corrected chi connectivity index (χ1v) is 8.69. The maximum absolute atomic E-state index is 5.96. The van der Waals surface area contributed by atoms with Crippen molar-refractivity contribution >= 4 is 63.3 Å². The van der Waals surface area contributed by atoms with Crippen molar-refractivity contribution in [1.82, 2.24) is 9.97 Å². The quantitative estimate of drug-likeness (QED) is 0.419. The second kappa shape index (κ2) is 7.33. The second-order valence-corrected chi connectivity index (χ2v) is 6.28. The monoisotopic (exact) mass is 420 g/mol. The van der Waals surface area contributed by atoms with Crippen LogP contribution in [0.1, 0.15) is 6.92 Å². The molecule has 106 valence electrons. The van der Waals surface area contributed by atoms with Crippen molar-refractivity contribution in [3.63, 3.8) is 0 Å². The van der Waals surface area contributed by atoms with Gasteiger partial charge in [0.05, 0.1) is 5.69 Å². The number of rotatable bonds is 5. The molecule has 0 aliphatic carbocycles. The van der Waals surface area contributed by atoms with Gasteiger partial charge in [0.15, 0.2) is 5.16 Å². The van der Waals surface area contributed by atoms with Crippen LogP contribution in [0.25, 0.3) is 0 Å². The van der Waals surface area contributed by atoms with Gasteiger partial charge in [0.25, 0.3) is 0 Å². The average Bonchev–Trinajstić information content (AvgIpc) is 2.42. The Morgan fingerprint density at radius 2 is 2.00 bits per heavy atom. The zero-order valence-corrected chi connectivity index (χ0v) is 14.8. The predicted molar refractivity (Wildman–Crippen MR) is 95.4 cm³/mol. The summed E-state index contributed by atoms with van der Waals surface area (Å²) in [7, 11) is 0. The lowest BCUT2D eigenvalue weighted by Gasteiger charge is -2.11. The van der Waals surface area contributed by atoms with Crippen LogP contribution in [0.4, 0.5) is 17.3 Å². The van der Waals surface area contributed by atoms with Crippen LogP contribution in [0.5, 0.6) is 0 Å². The van der Waals surface area contributed by atoms with E-state index in [-0.39, 0.29) is 0 Å². The summed E-state index contributed by atoms with van der Waals surface area (Å²) >= 11 is 9.72. The van der Waals surface area contributed by atoms with Crippen molar-refractivity contribution in [2.24, 2.45) is 0 Å². The first-order chi connectivity index (χ1) is 9.62. The van der Waals surface area contributed by atoms with Crippen molar-refractivity contribution < 1.29 is 0 Å². The van der Waals surface area contributed by atoms with E-state index in [0.29, 0.717) is 0 Å². The van der Waals surface area contributed by atoms with E-state index in [0.717, 1.165) is 37.6 Å². The summed E-state index contributed by atoms with van der Waals surface area (Å²) in [4.78, 5) is 8.85. The zero-order valence-electron chi connectivity index (χ0n) is 11.1. The number of benzene rings is 1. The Morgan fingerprint density at radius 1 is 1.25 bits per heavy atom. The molecule has 0 saturated heterocycles. The van der Waals surface area contributed by atoms with E-state index >= 15 is 0 Å². The van der Waals surface area contributed by atoms with Gasteiger partial charge in [0, 0.05) is 21.2 Å². The molecule has 1 aromatic heterocycles. The third-order valence-electron chi connectivity index (χ3n) is 2.44. The maximum Gasteiger partial charge on any atom is 0.191 e. The number of nitrogens with zero attached hydrogens (tertiary/aromatic N) is 2. The van der Waals surface area contributed by atoms with Crippen LogP contribution in [-0.4, -0.2) is 22.8 Å². The van der Waals surface area contributed by atoms with Gasteiger partial charge in [0.1, 0.15) is 11.6 Å². The molecule has 0 amide bonds. The van der Waals surface area contributed by atoms with Crippen molar-refractivity contribution in [3.8, 4) is 0 Å². The molecule has 1 aromatic carbocycles. The summed E-state index contributed by atoms with van der Waals surface area (Å²) in [6.07, 6.45) is 1.96. The molecule has 0 saturated carbocycles. The minimum Gasteiger partial charge on any atom is -0.370 e. The lowest BCUT2D eigenvalue weighted by atomic mass is 10.3. The van der Waals surface area contributed by atoms with E-state index in [2.05, 4.69) is 43.2 Å². The average molecular weight is 421 g/mol. The van der Waals surface area contributed by atoms with E-state index < -0.39 is 0 Å². The summed E-state index contributed by atoms with van der Waals surface area (Å²) in [5.74, 6) is 1.58. The van der Waals surface area contributed by atoms with E-state index in [4.69, 9.17) is 11.6 Å². The van der Waals surface area contributed by atoms with Crippen molar-refractivity contribution in [2.75, 3.05) is 23.4 Å². The molecule has 0 spiro atoms. The Bertz CT molecular complexity index is 609. The largest absolute Gasteiger partial charge is 0.370 e. The Balaban J connectivity index is 2.29. The van der Waals surface area contributed by atoms with Crippen LogP contribution in [-0.2, 0) is 0 Å². The molecule has 2 rings (SSSR count). The standard InChI is InChI=1S/C13H14ClIN4S/c1-3-16-11-7-12(19-13(18-11)20-2)17-10-5-4-8(14)6-9(10)15/h4-7H,3H2,1-2H3,(H2,16,17,18,19). The fourth-order valence-electron chi connectivity index (χ4n) is 1.58. The SMILES string of the molecule is CCNc1cc(Nc2ccc(Cl)cc2I)nc(SC)n1. The summed E-state index contributed by atoms with van der Waals surface area (Å²) in [6.45, 7) is 2.86. The second-order valence-electron chi connectivity index (χ2n) is 3.90. The molecular weight excluding hydrogens is 407 g/mol. The summed E-state index contributed by atoms with van der Waals surface area (Å²) < 4.78 is 1.05. The van der Waals surface area contributed by atoms with Gasteiger partial charge in [-0.05, 0) is 54.0 Å². The molecule has 0 bridgehead atoms. The van der Waals surface area contributed by atoms with Gasteiger partial charge in [0.2, 0.25) is 0 Å². The highest BCUT2D eigenvalue weighted by Gasteiger charge is 2.06. The number of hydrogen-bond acceptors (Lipinski definition) is 5. The Hall–Kier alpha value is -0.730. The predicted octanol–water partition coefficient (Wildman–Crippen LogP) is 4.63. The van der Waals surface area contributed by atoms with Crippen molar-refractivity contribution in [3.05, 3.63) is 32.9 Å². The van der Waals surface area contributed by atoms with Gasteiger partial charge in [-0.15, -0.1) is 0 Å². The smallest absolute Gasteiger partial charge is 0.191 e. The highest BCUT2D eigenvalue weighted by Crippen LogP contribution is 2.26. The van der Waals surface area contributed by atoms with E-state index in [1.807, 2.05) is 37.4 Å². The van der Waals surface area contributed by atoms with Gasteiger partial charge in [-0.25, -0.2) is 9.97 Å². The normalized spacial score (nSPS) is 10.4. The Morgan fingerprint density at radius 3 is 2.65 bits per heavy atom. The molecule has 0 atom stereocenters. The Kier molecular flexibility index (Phi) is 5.74. The molecule has 0 fully saturated rings. The number of nitrogens with one attached hydrogen (secondary N) is 2. The zero-order chi connectivity index (χ0) is 14.5. The van der Waals surface area contributed by atoms with E-state index in [9.17, 15) is 0 Å².